The Kier molecular flexibility index (Phi) is 5.13. The molecule has 2 aromatic rings. The average molecular weight is 443 g/mol. The minimum atomic E-state index is -4.67. The number of cyclic esters (lactones) is 1. The smallest absolute Gasteiger partial charge is 0.420 e. The van der Waals surface area contributed by atoms with Crippen molar-refractivity contribution < 1.29 is 27.5 Å². The maximum Gasteiger partial charge on any atom is 0.420 e. The molecule has 0 atom stereocenters. The Balaban J connectivity index is 1.60. The van der Waals surface area contributed by atoms with Gasteiger partial charge in [-0.15, -0.1) is 0 Å². The van der Waals surface area contributed by atoms with Crippen LogP contribution in [0.5, 0.6) is 0 Å². The van der Waals surface area contributed by atoms with E-state index in [-0.39, 0.29) is 28.5 Å². The number of ether oxygens (including phenoxy) is 1. The molecule has 2 aliphatic heterocycles. The van der Waals surface area contributed by atoms with E-state index in [1.165, 1.54) is 17.2 Å². The molecule has 2 amide bonds. The number of likely N-dealkylation sites (tertiary alicyclic amines) is 1. The van der Waals surface area contributed by atoms with E-state index < -0.39 is 23.3 Å². The van der Waals surface area contributed by atoms with Crippen molar-refractivity contribution in [2.45, 2.75) is 25.1 Å². The Morgan fingerprint density at radius 1 is 1.30 bits per heavy atom. The highest BCUT2D eigenvalue weighted by Gasteiger charge is 2.37. The summed E-state index contributed by atoms with van der Waals surface area (Å²) in [6.45, 7) is 5.03. The van der Waals surface area contributed by atoms with Crippen molar-refractivity contribution in [3.8, 4) is 0 Å². The number of fused-ring (bicyclic) bond motifs is 1. The molecule has 30 heavy (non-hydrogen) atoms. The van der Waals surface area contributed by atoms with Crippen molar-refractivity contribution in [1.82, 2.24) is 19.2 Å². The van der Waals surface area contributed by atoms with Gasteiger partial charge < -0.3 is 14.5 Å². The van der Waals surface area contributed by atoms with Crippen molar-refractivity contribution in [2.75, 3.05) is 26.2 Å². The van der Waals surface area contributed by atoms with Crippen LogP contribution in [-0.2, 0) is 10.9 Å². The number of hydrogen-bond donors (Lipinski definition) is 0. The van der Waals surface area contributed by atoms with E-state index in [9.17, 15) is 22.8 Å². The van der Waals surface area contributed by atoms with Crippen LogP contribution < -0.4 is 0 Å². The van der Waals surface area contributed by atoms with Crippen LogP contribution in [-0.4, -0.2) is 63.5 Å². The molecule has 2 aromatic heterocycles. The first-order chi connectivity index (χ1) is 14.2. The highest BCUT2D eigenvalue weighted by atomic mass is 35.5. The molecule has 0 bridgehead atoms. The number of alkyl halides is 3. The topological polar surface area (TPSA) is 67.2 Å². The fourth-order valence-corrected chi connectivity index (χ4v) is 4.11. The normalized spacial score (nSPS) is 18.2. The molecule has 0 unspecified atom stereocenters. The molecule has 0 aliphatic carbocycles. The van der Waals surface area contributed by atoms with Gasteiger partial charge in [-0.25, -0.2) is 9.78 Å². The van der Waals surface area contributed by atoms with E-state index >= 15 is 0 Å². The SMILES string of the molecule is C=Cc1cc(C(F)(F)F)c2nc(C(=O)N3CCC(N4CCOC4=O)CC3)c(Cl)n2c1. The van der Waals surface area contributed by atoms with Gasteiger partial charge in [0.25, 0.3) is 5.91 Å². The number of rotatable bonds is 3. The fourth-order valence-electron chi connectivity index (χ4n) is 3.86. The molecule has 0 N–H and O–H groups in total. The Labute approximate surface area is 174 Å². The van der Waals surface area contributed by atoms with Crippen LogP contribution in [0, 0.1) is 0 Å². The number of amides is 2. The van der Waals surface area contributed by atoms with Gasteiger partial charge in [-0.3, -0.25) is 9.20 Å². The third-order valence-corrected chi connectivity index (χ3v) is 5.77. The fraction of sp³-hybridized carbons (Fsp3) is 0.421. The van der Waals surface area contributed by atoms with Crippen molar-refractivity contribution in [3.63, 3.8) is 0 Å². The van der Waals surface area contributed by atoms with Crippen molar-refractivity contribution in [1.29, 1.82) is 0 Å². The minimum absolute atomic E-state index is 0.0347. The Morgan fingerprint density at radius 2 is 2.00 bits per heavy atom. The van der Waals surface area contributed by atoms with Crippen LogP contribution in [0.25, 0.3) is 11.7 Å². The summed E-state index contributed by atoms with van der Waals surface area (Å²) in [5.41, 5.74) is -1.46. The Hall–Kier alpha value is -2.75. The molecule has 4 rings (SSSR count). The maximum absolute atomic E-state index is 13.5. The van der Waals surface area contributed by atoms with Gasteiger partial charge >= 0.3 is 12.3 Å². The highest BCUT2D eigenvalue weighted by Crippen LogP contribution is 2.35. The molecule has 2 saturated heterocycles. The summed E-state index contributed by atoms with van der Waals surface area (Å²) in [4.78, 5) is 31.7. The number of aromatic nitrogens is 2. The number of imidazole rings is 1. The number of pyridine rings is 1. The number of carbonyl (C=O) groups is 2. The Morgan fingerprint density at radius 3 is 2.57 bits per heavy atom. The number of piperidine rings is 1. The van der Waals surface area contributed by atoms with Crippen LogP contribution in [0.3, 0.4) is 0 Å². The number of nitrogens with zero attached hydrogens (tertiary/aromatic N) is 4. The number of carbonyl (C=O) groups excluding carboxylic acids is 2. The average Bonchev–Trinajstić information content (AvgIpc) is 3.29. The van der Waals surface area contributed by atoms with Gasteiger partial charge in [0.1, 0.15) is 11.8 Å². The van der Waals surface area contributed by atoms with Gasteiger partial charge in [0.15, 0.2) is 11.3 Å². The van der Waals surface area contributed by atoms with Gasteiger partial charge in [-0.2, -0.15) is 13.2 Å². The highest BCUT2D eigenvalue weighted by molar-refractivity contribution is 6.33. The van der Waals surface area contributed by atoms with Gasteiger partial charge in [0.2, 0.25) is 0 Å². The first-order valence-corrected chi connectivity index (χ1v) is 9.72. The van der Waals surface area contributed by atoms with Crippen molar-refractivity contribution in [2.24, 2.45) is 0 Å². The third-order valence-electron chi connectivity index (χ3n) is 5.41. The number of halogens is 4. The summed E-state index contributed by atoms with van der Waals surface area (Å²) in [5.74, 6) is -0.542. The molecule has 4 heterocycles. The number of hydrogen-bond acceptors (Lipinski definition) is 4. The molecule has 11 heteroatoms. The third kappa shape index (κ3) is 3.49. The zero-order valence-electron chi connectivity index (χ0n) is 15.8. The molecule has 7 nitrogen and oxygen atoms in total. The molecule has 2 fully saturated rings. The molecular weight excluding hydrogens is 425 g/mol. The second-order valence-electron chi connectivity index (χ2n) is 7.16. The van der Waals surface area contributed by atoms with Crippen molar-refractivity contribution in [3.05, 3.63) is 40.8 Å². The molecule has 2 aliphatic rings. The van der Waals surface area contributed by atoms with Crippen LogP contribution in [0.4, 0.5) is 18.0 Å². The lowest BCUT2D eigenvalue weighted by Gasteiger charge is -2.35. The summed E-state index contributed by atoms with van der Waals surface area (Å²) >= 11 is 6.26. The molecular formula is C19H18ClF3N4O3. The van der Waals surface area contributed by atoms with E-state index in [0.717, 1.165) is 10.5 Å². The molecule has 0 radical (unpaired) electrons. The second kappa shape index (κ2) is 7.50. The molecule has 0 spiro atoms. The summed E-state index contributed by atoms with van der Waals surface area (Å²) < 4.78 is 46.5. The van der Waals surface area contributed by atoms with Crippen LogP contribution in [0.15, 0.2) is 18.8 Å². The summed E-state index contributed by atoms with van der Waals surface area (Å²) in [6, 6.07) is 0.883. The van der Waals surface area contributed by atoms with Gasteiger partial charge in [-0.05, 0) is 24.5 Å². The van der Waals surface area contributed by atoms with Crippen molar-refractivity contribution >= 4 is 35.3 Å². The zero-order chi connectivity index (χ0) is 21.6. The second-order valence-corrected chi connectivity index (χ2v) is 7.52. The van der Waals surface area contributed by atoms with Crippen LogP contribution in [0.2, 0.25) is 5.15 Å². The van der Waals surface area contributed by atoms with Gasteiger partial charge in [0.05, 0.1) is 12.1 Å². The maximum atomic E-state index is 13.5. The van der Waals surface area contributed by atoms with E-state index in [1.54, 1.807) is 4.90 Å². The summed E-state index contributed by atoms with van der Waals surface area (Å²) in [6.07, 6.45) is -1.32. The largest absolute Gasteiger partial charge is 0.448 e. The van der Waals surface area contributed by atoms with E-state index in [4.69, 9.17) is 16.3 Å². The zero-order valence-corrected chi connectivity index (χ0v) is 16.5. The molecule has 0 aromatic carbocycles. The predicted octanol–water partition coefficient (Wildman–Crippen LogP) is 3.71. The first kappa shape index (κ1) is 20.5. The minimum Gasteiger partial charge on any atom is -0.448 e. The lowest BCUT2D eigenvalue weighted by atomic mass is 10.0. The summed E-state index contributed by atoms with van der Waals surface area (Å²) in [5, 5.41) is -0.186. The molecule has 160 valence electrons. The quantitative estimate of drug-likeness (QED) is 0.727. The van der Waals surface area contributed by atoms with Gasteiger partial charge in [0, 0.05) is 25.3 Å². The van der Waals surface area contributed by atoms with E-state index in [0.29, 0.717) is 39.1 Å². The monoisotopic (exact) mass is 442 g/mol. The predicted molar refractivity (Wildman–Crippen MR) is 102 cm³/mol. The van der Waals surface area contributed by atoms with Crippen LogP contribution in [0.1, 0.15) is 34.5 Å². The van der Waals surface area contributed by atoms with E-state index in [1.807, 2.05) is 0 Å². The standard InChI is InChI=1S/C19H18ClF3N4O3/c1-2-11-9-13(19(21,22)23)16-24-14(15(20)27(16)10-11)17(28)25-5-3-12(4-6-25)26-7-8-30-18(26)29/h2,9-10,12H,1,3-8H2. The first-order valence-electron chi connectivity index (χ1n) is 9.34. The lowest BCUT2D eigenvalue weighted by molar-refractivity contribution is -0.136. The molecule has 0 saturated carbocycles. The van der Waals surface area contributed by atoms with Crippen LogP contribution >= 0.6 is 11.6 Å². The van der Waals surface area contributed by atoms with E-state index in [2.05, 4.69) is 11.6 Å². The van der Waals surface area contributed by atoms with Gasteiger partial charge in [-0.1, -0.05) is 24.3 Å². The Bertz CT molecular complexity index is 1030. The lowest BCUT2D eigenvalue weighted by Crippen LogP contribution is -2.47. The summed E-state index contributed by atoms with van der Waals surface area (Å²) in [7, 11) is 0.